The van der Waals surface area contributed by atoms with Gasteiger partial charge >= 0.3 is 5.97 Å². The monoisotopic (exact) mass is 208 g/mol. The normalized spacial score (nSPS) is 9.80. The summed E-state index contributed by atoms with van der Waals surface area (Å²) in [6.07, 6.45) is 2.61. The number of carbonyl (C=O) groups excluding carboxylic acids is 1. The van der Waals surface area contributed by atoms with Gasteiger partial charge in [0.1, 0.15) is 11.4 Å². The van der Waals surface area contributed by atoms with Gasteiger partial charge in [-0.1, -0.05) is 6.92 Å². The predicted molar refractivity (Wildman–Crippen MR) is 59.1 cm³/mol. The highest BCUT2D eigenvalue weighted by Gasteiger charge is 2.13. The molecule has 4 nitrogen and oxygen atoms in total. The van der Waals surface area contributed by atoms with Crippen molar-refractivity contribution in [1.29, 1.82) is 0 Å². The molecule has 0 aliphatic carbocycles. The maximum absolute atomic E-state index is 11.6. The standard InChI is InChI=1S/C11H16N2O2/c1-4-8-6-9(11(14)15-5-2)10(12-3)13-7-8/h6-7H,4-5H2,1-3H3,(H,12,13). The van der Waals surface area contributed by atoms with E-state index >= 15 is 0 Å². The predicted octanol–water partition coefficient (Wildman–Crippen LogP) is 1.86. The SMILES string of the molecule is CCOC(=O)c1cc(CC)cnc1NC. The summed E-state index contributed by atoms with van der Waals surface area (Å²) >= 11 is 0. The Balaban J connectivity index is 3.05. The van der Waals surface area contributed by atoms with Gasteiger partial charge in [0.25, 0.3) is 0 Å². The van der Waals surface area contributed by atoms with E-state index in [1.807, 2.05) is 13.0 Å². The summed E-state index contributed by atoms with van der Waals surface area (Å²) in [6.45, 7) is 4.18. The van der Waals surface area contributed by atoms with Gasteiger partial charge in [-0.2, -0.15) is 0 Å². The number of anilines is 1. The summed E-state index contributed by atoms with van der Waals surface area (Å²) in [5.41, 5.74) is 1.52. The maximum atomic E-state index is 11.6. The van der Waals surface area contributed by atoms with Crippen molar-refractivity contribution in [2.75, 3.05) is 19.0 Å². The Bertz CT molecular complexity index is 350. The molecule has 4 heteroatoms. The quantitative estimate of drug-likeness (QED) is 0.767. The van der Waals surface area contributed by atoms with Gasteiger partial charge in [0.15, 0.2) is 0 Å². The first-order valence-electron chi connectivity index (χ1n) is 5.06. The third-order valence-corrected chi connectivity index (χ3v) is 2.08. The van der Waals surface area contributed by atoms with Crippen molar-refractivity contribution in [2.45, 2.75) is 20.3 Å². The van der Waals surface area contributed by atoms with Crippen LogP contribution in [-0.4, -0.2) is 24.6 Å². The van der Waals surface area contributed by atoms with Gasteiger partial charge in [0.2, 0.25) is 0 Å². The van der Waals surface area contributed by atoms with Crippen LogP contribution >= 0.6 is 0 Å². The van der Waals surface area contributed by atoms with E-state index in [1.165, 1.54) is 0 Å². The molecule has 82 valence electrons. The highest BCUT2D eigenvalue weighted by Crippen LogP contribution is 2.15. The van der Waals surface area contributed by atoms with E-state index in [9.17, 15) is 4.79 Å². The molecule has 0 radical (unpaired) electrons. The average Bonchev–Trinajstić information content (AvgIpc) is 2.28. The fraction of sp³-hybridized carbons (Fsp3) is 0.455. The number of hydrogen-bond donors (Lipinski definition) is 1. The van der Waals surface area contributed by atoms with E-state index in [-0.39, 0.29) is 5.97 Å². The van der Waals surface area contributed by atoms with E-state index in [0.29, 0.717) is 18.0 Å². The van der Waals surface area contributed by atoms with Crippen molar-refractivity contribution < 1.29 is 9.53 Å². The number of hydrogen-bond acceptors (Lipinski definition) is 4. The lowest BCUT2D eigenvalue weighted by atomic mass is 10.1. The molecule has 15 heavy (non-hydrogen) atoms. The van der Waals surface area contributed by atoms with Crippen LogP contribution in [0.1, 0.15) is 29.8 Å². The van der Waals surface area contributed by atoms with Gasteiger partial charge in [-0.15, -0.1) is 0 Å². The first kappa shape index (κ1) is 11.5. The highest BCUT2D eigenvalue weighted by molar-refractivity contribution is 5.94. The van der Waals surface area contributed by atoms with Crippen molar-refractivity contribution in [3.8, 4) is 0 Å². The van der Waals surface area contributed by atoms with Crippen molar-refractivity contribution in [3.05, 3.63) is 23.4 Å². The van der Waals surface area contributed by atoms with E-state index in [1.54, 1.807) is 20.2 Å². The van der Waals surface area contributed by atoms with Crippen LogP contribution in [0.25, 0.3) is 0 Å². The third-order valence-electron chi connectivity index (χ3n) is 2.08. The Labute approximate surface area is 89.7 Å². The van der Waals surface area contributed by atoms with Gasteiger partial charge in [-0.25, -0.2) is 9.78 Å². The topological polar surface area (TPSA) is 51.2 Å². The summed E-state index contributed by atoms with van der Waals surface area (Å²) in [5, 5.41) is 2.87. The lowest BCUT2D eigenvalue weighted by molar-refractivity contribution is 0.0527. The molecule has 0 saturated carbocycles. The van der Waals surface area contributed by atoms with E-state index in [4.69, 9.17) is 4.74 Å². The Kier molecular flexibility index (Phi) is 4.09. The van der Waals surface area contributed by atoms with Crippen LogP contribution in [0.3, 0.4) is 0 Å². The van der Waals surface area contributed by atoms with Crippen molar-refractivity contribution in [2.24, 2.45) is 0 Å². The van der Waals surface area contributed by atoms with Crippen molar-refractivity contribution >= 4 is 11.8 Å². The largest absolute Gasteiger partial charge is 0.462 e. The lowest BCUT2D eigenvalue weighted by Gasteiger charge is -2.08. The molecule has 0 bridgehead atoms. The summed E-state index contributed by atoms with van der Waals surface area (Å²) in [5.74, 6) is 0.232. The number of nitrogens with zero attached hydrogens (tertiary/aromatic N) is 1. The number of aryl methyl sites for hydroxylation is 1. The zero-order valence-electron chi connectivity index (χ0n) is 9.33. The van der Waals surface area contributed by atoms with E-state index in [0.717, 1.165) is 12.0 Å². The van der Waals surface area contributed by atoms with Crippen LogP contribution in [0.2, 0.25) is 0 Å². The fourth-order valence-electron chi connectivity index (χ4n) is 1.27. The minimum Gasteiger partial charge on any atom is -0.462 e. The van der Waals surface area contributed by atoms with Crippen LogP contribution < -0.4 is 5.32 Å². The Morgan fingerprint density at radius 3 is 2.80 bits per heavy atom. The molecule has 0 saturated heterocycles. The summed E-state index contributed by atoms with van der Waals surface area (Å²) in [4.78, 5) is 15.7. The van der Waals surface area contributed by atoms with Gasteiger partial charge < -0.3 is 10.1 Å². The molecule has 1 aromatic heterocycles. The molecule has 1 rings (SSSR count). The second-order valence-corrected chi connectivity index (χ2v) is 3.06. The molecule has 1 N–H and O–H groups in total. The molecule has 1 aromatic rings. The van der Waals surface area contributed by atoms with Crippen LogP contribution in [-0.2, 0) is 11.2 Å². The van der Waals surface area contributed by atoms with E-state index < -0.39 is 0 Å². The molecular formula is C11H16N2O2. The van der Waals surface area contributed by atoms with Gasteiger partial charge in [0, 0.05) is 13.2 Å². The van der Waals surface area contributed by atoms with Crippen LogP contribution in [0.4, 0.5) is 5.82 Å². The second-order valence-electron chi connectivity index (χ2n) is 3.06. The molecule has 0 fully saturated rings. The molecule has 0 aromatic carbocycles. The van der Waals surface area contributed by atoms with Crippen LogP contribution in [0, 0.1) is 0 Å². The van der Waals surface area contributed by atoms with Gasteiger partial charge in [-0.3, -0.25) is 0 Å². The maximum Gasteiger partial charge on any atom is 0.341 e. The fourth-order valence-corrected chi connectivity index (χ4v) is 1.27. The molecule has 1 heterocycles. The number of ether oxygens (including phenoxy) is 1. The second kappa shape index (κ2) is 5.34. The van der Waals surface area contributed by atoms with E-state index in [2.05, 4.69) is 10.3 Å². The number of esters is 1. The lowest BCUT2D eigenvalue weighted by Crippen LogP contribution is -2.10. The number of pyridine rings is 1. The van der Waals surface area contributed by atoms with Gasteiger partial charge in [0.05, 0.1) is 6.61 Å². The summed E-state index contributed by atoms with van der Waals surface area (Å²) in [6, 6.07) is 1.82. The number of rotatable bonds is 4. The average molecular weight is 208 g/mol. The molecule has 0 aliphatic heterocycles. The first-order valence-corrected chi connectivity index (χ1v) is 5.06. The molecule has 0 amide bonds. The van der Waals surface area contributed by atoms with Crippen LogP contribution in [0.15, 0.2) is 12.3 Å². The first-order chi connectivity index (χ1) is 7.22. The minimum absolute atomic E-state index is 0.329. The van der Waals surface area contributed by atoms with Gasteiger partial charge in [-0.05, 0) is 25.0 Å². The zero-order valence-corrected chi connectivity index (χ0v) is 9.33. The smallest absolute Gasteiger partial charge is 0.341 e. The molecule has 0 atom stereocenters. The van der Waals surface area contributed by atoms with Crippen LogP contribution in [0.5, 0.6) is 0 Å². The number of nitrogens with one attached hydrogen (secondary N) is 1. The zero-order chi connectivity index (χ0) is 11.3. The molecule has 0 spiro atoms. The third kappa shape index (κ3) is 2.68. The number of carbonyl (C=O) groups is 1. The molecular weight excluding hydrogens is 192 g/mol. The Morgan fingerprint density at radius 1 is 1.53 bits per heavy atom. The number of aromatic nitrogens is 1. The molecule has 0 aliphatic rings. The summed E-state index contributed by atoms with van der Waals surface area (Å²) in [7, 11) is 1.73. The minimum atomic E-state index is -0.329. The van der Waals surface area contributed by atoms with Crippen molar-refractivity contribution in [3.63, 3.8) is 0 Å². The summed E-state index contributed by atoms with van der Waals surface area (Å²) < 4.78 is 4.95. The molecule has 0 unspecified atom stereocenters. The Hall–Kier alpha value is -1.58. The Morgan fingerprint density at radius 2 is 2.27 bits per heavy atom. The highest BCUT2D eigenvalue weighted by atomic mass is 16.5. The van der Waals surface area contributed by atoms with Crippen molar-refractivity contribution in [1.82, 2.24) is 4.98 Å².